The number of ether oxygens (including phenoxy) is 1. The van der Waals surface area contributed by atoms with Crippen molar-refractivity contribution < 1.29 is 22.7 Å². The number of fused-ring (bicyclic) bond motifs is 1. The van der Waals surface area contributed by atoms with Crippen molar-refractivity contribution in [3.05, 3.63) is 29.3 Å². The smallest absolute Gasteiger partial charge is 0.338 e. The summed E-state index contributed by atoms with van der Waals surface area (Å²) in [5, 5.41) is 0. The molecule has 1 aliphatic heterocycles. The van der Waals surface area contributed by atoms with Crippen molar-refractivity contribution in [1.29, 1.82) is 0 Å². The first-order valence-corrected chi connectivity index (χ1v) is 11.4. The zero-order valence-corrected chi connectivity index (χ0v) is 16.8. The van der Waals surface area contributed by atoms with Gasteiger partial charge in [-0.25, -0.2) is 13.2 Å². The van der Waals surface area contributed by atoms with Crippen LogP contribution in [0.2, 0.25) is 0 Å². The van der Waals surface area contributed by atoms with Crippen LogP contribution in [-0.2, 0) is 19.4 Å². The molecule has 148 valence electrons. The molecule has 1 aromatic rings. The van der Waals surface area contributed by atoms with E-state index in [0.717, 1.165) is 32.1 Å². The molecule has 1 heterocycles. The van der Waals surface area contributed by atoms with Crippen LogP contribution in [0.1, 0.15) is 54.4 Å². The van der Waals surface area contributed by atoms with E-state index in [0.29, 0.717) is 11.5 Å². The largest absolute Gasteiger partial charge is 0.452 e. The Labute approximate surface area is 160 Å². The molecule has 3 rings (SSSR count). The molecule has 1 saturated carbocycles. The predicted octanol–water partition coefficient (Wildman–Crippen LogP) is 2.74. The summed E-state index contributed by atoms with van der Waals surface area (Å²) in [5.74, 6) is -0.249. The summed E-state index contributed by atoms with van der Waals surface area (Å²) in [5.41, 5.74) is 0.796. The van der Waals surface area contributed by atoms with Gasteiger partial charge in [0.1, 0.15) is 0 Å². The van der Waals surface area contributed by atoms with E-state index in [1.54, 1.807) is 13.0 Å². The second-order valence-corrected chi connectivity index (χ2v) is 9.68. The van der Waals surface area contributed by atoms with Crippen molar-refractivity contribution >= 4 is 21.7 Å². The fourth-order valence-corrected chi connectivity index (χ4v) is 4.92. The van der Waals surface area contributed by atoms with Gasteiger partial charge in [-0.3, -0.25) is 4.79 Å². The number of nitrogens with zero attached hydrogens (tertiary/aromatic N) is 1. The molecule has 1 aliphatic carbocycles. The van der Waals surface area contributed by atoms with Crippen LogP contribution in [0, 0.1) is 12.8 Å². The van der Waals surface area contributed by atoms with Crippen LogP contribution in [-0.4, -0.2) is 50.6 Å². The average Bonchev–Trinajstić information content (AvgIpc) is 2.64. The number of likely N-dealkylation sites (tertiary alicyclic amines) is 1. The molecule has 2 aliphatic rings. The fourth-order valence-electron chi connectivity index (χ4n) is 4.27. The van der Waals surface area contributed by atoms with Crippen LogP contribution in [0.25, 0.3) is 0 Å². The lowest BCUT2D eigenvalue weighted by atomic mass is 9.78. The quantitative estimate of drug-likeness (QED) is 0.735. The van der Waals surface area contributed by atoms with E-state index < -0.39 is 15.8 Å². The third kappa shape index (κ3) is 4.51. The highest BCUT2D eigenvalue weighted by Gasteiger charge is 2.35. The zero-order chi connectivity index (χ0) is 19.6. The van der Waals surface area contributed by atoms with Gasteiger partial charge in [0.2, 0.25) is 0 Å². The Bertz CT molecular complexity index is 831. The highest BCUT2D eigenvalue weighted by molar-refractivity contribution is 7.90. The van der Waals surface area contributed by atoms with E-state index in [4.69, 9.17) is 4.74 Å². The number of hydrogen-bond donors (Lipinski definition) is 0. The lowest BCUT2D eigenvalue weighted by Crippen LogP contribution is -2.50. The van der Waals surface area contributed by atoms with Gasteiger partial charge < -0.3 is 9.64 Å². The molecule has 2 atom stereocenters. The first-order chi connectivity index (χ1) is 12.8. The summed E-state index contributed by atoms with van der Waals surface area (Å²) >= 11 is 0. The standard InChI is InChI=1S/C20H27NO5S/c1-14-9-10-16(27(2,24)25)12-17(14)20(23)26-13-19(22)21-11-5-7-15-6-3-4-8-18(15)21/h9-10,12,15,18H,3-8,11,13H2,1-2H3/t15-,18-/m1/s1. The number of aryl methyl sites for hydroxylation is 1. The Hall–Kier alpha value is -1.89. The number of rotatable bonds is 4. The Kier molecular flexibility index (Phi) is 5.89. The molecule has 0 radical (unpaired) electrons. The number of sulfone groups is 1. The van der Waals surface area contributed by atoms with Crippen molar-refractivity contribution in [2.45, 2.75) is 56.4 Å². The topological polar surface area (TPSA) is 80.7 Å². The highest BCUT2D eigenvalue weighted by Crippen LogP contribution is 2.35. The maximum atomic E-state index is 12.7. The second-order valence-electron chi connectivity index (χ2n) is 7.67. The van der Waals surface area contributed by atoms with Gasteiger partial charge in [0.25, 0.3) is 5.91 Å². The van der Waals surface area contributed by atoms with E-state index >= 15 is 0 Å². The van der Waals surface area contributed by atoms with E-state index in [2.05, 4.69) is 0 Å². The zero-order valence-electron chi connectivity index (χ0n) is 15.9. The van der Waals surface area contributed by atoms with Gasteiger partial charge in [-0.2, -0.15) is 0 Å². The molecule has 0 bridgehead atoms. The van der Waals surface area contributed by atoms with Gasteiger partial charge in [-0.15, -0.1) is 0 Å². The van der Waals surface area contributed by atoms with Crippen LogP contribution >= 0.6 is 0 Å². The molecular formula is C20H27NO5S. The van der Waals surface area contributed by atoms with Gasteiger partial charge in [-0.1, -0.05) is 18.9 Å². The first-order valence-electron chi connectivity index (χ1n) is 9.54. The third-order valence-electron chi connectivity index (χ3n) is 5.75. The number of carbonyl (C=O) groups is 2. The molecule has 7 heteroatoms. The number of piperidine rings is 1. The first kappa shape index (κ1) is 19.9. The monoisotopic (exact) mass is 393 g/mol. The summed E-state index contributed by atoms with van der Waals surface area (Å²) < 4.78 is 28.7. The minimum Gasteiger partial charge on any atom is -0.452 e. The molecule has 1 saturated heterocycles. The van der Waals surface area contributed by atoms with Crippen LogP contribution in [0.5, 0.6) is 0 Å². The van der Waals surface area contributed by atoms with E-state index in [1.165, 1.54) is 31.4 Å². The third-order valence-corrected chi connectivity index (χ3v) is 6.86. The highest BCUT2D eigenvalue weighted by atomic mass is 32.2. The van der Waals surface area contributed by atoms with Crippen LogP contribution in [0.15, 0.2) is 23.1 Å². The molecule has 27 heavy (non-hydrogen) atoms. The molecular weight excluding hydrogens is 366 g/mol. The maximum Gasteiger partial charge on any atom is 0.338 e. The fraction of sp³-hybridized carbons (Fsp3) is 0.600. The lowest BCUT2D eigenvalue weighted by Gasteiger charge is -2.44. The predicted molar refractivity (Wildman–Crippen MR) is 101 cm³/mol. The molecule has 0 spiro atoms. The average molecular weight is 394 g/mol. The molecule has 0 unspecified atom stereocenters. The second kappa shape index (κ2) is 8.00. The van der Waals surface area contributed by atoms with Crippen LogP contribution < -0.4 is 0 Å². The van der Waals surface area contributed by atoms with E-state index in [1.807, 2.05) is 4.90 Å². The number of benzene rings is 1. The maximum absolute atomic E-state index is 12.7. The number of esters is 1. The van der Waals surface area contributed by atoms with Crippen molar-refractivity contribution in [3.8, 4) is 0 Å². The van der Waals surface area contributed by atoms with Crippen LogP contribution in [0.4, 0.5) is 0 Å². The van der Waals surface area contributed by atoms with Crippen LogP contribution in [0.3, 0.4) is 0 Å². The van der Waals surface area contributed by atoms with Gasteiger partial charge in [0.15, 0.2) is 16.4 Å². The Morgan fingerprint density at radius 3 is 2.59 bits per heavy atom. The summed E-state index contributed by atoms with van der Waals surface area (Å²) in [6.45, 7) is 2.13. The van der Waals surface area contributed by atoms with Gasteiger partial charge in [0, 0.05) is 18.8 Å². The minimum absolute atomic E-state index is 0.0625. The summed E-state index contributed by atoms with van der Waals surface area (Å²) in [6.07, 6.45) is 7.83. The number of carbonyl (C=O) groups excluding carboxylic acids is 2. The summed E-state index contributed by atoms with van der Waals surface area (Å²) in [6, 6.07) is 4.62. The summed E-state index contributed by atoms with van der Waals surface area (Å²) in [7, 11) is -3.42. The SMILES string of the molecule is Cc1ccc(S(C)(=O)=O)cc1C(=O)OCC(=O)N1CCC[C@H]2CCCC[C@H]21. The van der Waals surface area contributed by atoms with Gasteiger partial charge in [0.05, 0.1) is 10.5 Å². The van der Waals surface area contributed by atoms with Crippen molar-refractivity contribution in [3.63, 3.8) is 0 Å². The van der Waals surface area contributed by atoms with E-state index in [9.17, 15) is 18.0 Å². The molecule has 2 fully saturated rings. The normalized spacial score (nSPS) is 22.8. The molecule has 0 N–H and O–H groups in total. The lowest BCUT2D eigenvalue weighted by molar-refractivity contribution is -0.140. The van der Waals surface area contributed by atoms with Crippen molar-refractivity contribution in [2.24, 2.45) is 5.92 Å². The molecule has 1 aromatic carbocycles. The van der Waals surface area contributed by atoms with Gasteiger partial charge >= 0.3 is 5.97 Å². The Morgan fingerprint density at radius 1 is 1.15 bits per heavy atom. The summed E-state index contributed by atoms with van der Waals surface area (Å²) in [4.78, 5) is 27.0. The number of hydrogen-bond acceptors (Lipinski definition) is 5. The molecule has 1 amide bonds. The molecule has 0 aromatic heterocycles. The Morgan fingerprint density at radius 2 is 1.85 bits per heavy atom. The van der Waals surface area contributed by atoms with Gasteiger partial charge in [-0.05, 0) is 56.2 Å². The minimum atomic E-state index is -3.42. The molecule has 6 nitrogen and oxygen atoms in total. The van der Waals surface area contributed by atoms with E-state index in [-0.39, 0.29) is 29.0 Å². The Balaban J connectivity index is 1.66. The van der Waals surface area contributed by atoms with Crippen molar-refractivity contribution in [2.75, 3.05) is 19.4 Å². The number of amides is 1. The van der Waals surface area contributed by atoms with Crippen molar-refractivity contribution in [1.82, 2.24) is 4.90 Å².